The van der Waals surface area contributed by atoms with Gasteiger partial charge in [0.25, 0.3) is 0 Å². The minimum Gasteiger partial charge on any atom is -0.309 e. The van der Waals surface area contributed by atoms with Crippen LogP contribution >= 0.6 is 22.9 Å². The fourth-order valence-electron chi connectivity index (χ4n) is 1.46. The molecule has 2 aromatic heterocycles. The van der Waals surface area contributed by atoms with E-state index in [0.29, 0.717) is 17.4 Å². The molecule has 0 saturated heterocycles. The lowest BCUT2D eigenvalue weighted by Gasteiger charge is -2.03. The van der Waals surface area contributed by atoms with Crippen LogP contribution in [0.15, 0.2) is 29.9 Å². The Morgan fingerprint density at radius 1 is 1.39 bits per heavy atom. The Morgan fingerprint density at radius 2 is 2.28 bits per heavy atom. The molecule has 0 atom stereocenters. The number of anilines is 1. The van der Waals surface area contributed by atoms with E-state index >= 15 is 0 Å². The average Bonchev–Trinajstić information content (AvgIpc) is 2.85. The number of thiophene rings is 1. The highest BCUT2D eigenvalue weighted by atomic mass is 35.5. The van der Waals surface area contributed by atoms with Gasteiger partial charge >= 0.3 is 0 Å². The van der Waals surface area contributed by atoms with Gasteiger partial charge in [0.05, 0.1) is 12.4 Å². The number of hydrogen-bond acceptors (Lipinski definition) is 4. The molecule has 1 amide bonds. The quantitative estimate of drug-likeness (QED) is 0.916. The number of aryl methyl sites for hydroxylation is 1. The van der Waals surface area contributed by atoms with Crippen LogP contribution in [0.3, 0.4) is 0 Å². The molecule has 94 valence electrons. The Labute approximate surface area is 114 Å². The summed E-state index contributed by atoms with van der Waals surface area (Å²) in [7, 11) is 0. The minimum atomic E-state index is -0.0526. The molecule has 2 aromatic rings. The molecule has 4 nitrogen and oxygen atoms in total. The zero-order valence-electron chi connectivity index (χ0n) is 9.60. The third kappa shape index (κ3) is 4.09. The van der Waals surface area contributed by atoms with E-state index in [-0.39, 0.29) is 5.91 Å². The van der Waals surface area contributed by atoms with Crippen LogP contribution in [0.4, 0.5) is 5.82 Å². The van der Waals surface area contributed by atoms with Crippen molar-refractivity contribution < 1.29 is 4.79 Å². The summed E-state index contributed by atoms with van der Waals surface area (Å²) in [5.41, 5.74) is 0. The maximum Gasteiger partial charge on any atom is 0.225 e. The topological polar surface area (TPSA) is 54.9 Å². The summed E-state index contributed by atoms with van der Waals surface area (Å²) in [6, 6.07) is 4.09. The number of halogens is 1. The van der Waals surface area contributed by atoms with Gasteiger partial charge < -0.3 is 5.32 Å². The number of amides is 1. The van der Waals surface area contributed by atoms with Gasteiger partial charge in [-0.25, -0.2) is 9.97 Å². The number of nitrogens with one attached hydrogen (secondary N) is 1. The summed E-state index contributed by atoms with van der Waals surface area (Å²) in [5, 5.41) is 5.03. The third-order valence-electron chi connectivity index (χ3n) is 2.29. The minimum absolute atomic E-state index is 0.0526. The molecule has 0 aliphatic heterocycles. The van der Waals surface area contributed by atoms with Crippen LogP contribution in [-0.4, -0.2) is 15.9 Å². The standard InChI is InChI=1S/C12H12ClN3OS/c13-10-7-15-11(8-14-10)16-12(17)5-1-3-9-4-2-6-18-9/h2,4,6-8H,1,3,5H2,(H,15,16,17). The molecule has 0 spiro atoms. The Hall–Kier alpha value is -1.46. The molecule has 0 unspecified atom stereocenters. The van der Waals surface area contributed by atoms with Crippen molar-refractivity contribution in [3.05, 3.63) is 39.9 Å². The monoisotopic (exact) mass is 281 g/mol. The van der Waals surface area contributed by atoms with Gasteiger partial charge in [-0.1, -0.05) is 17.7 Å². The van der Waals surface area contributed by atoms with Gasteiger partial charge in [-0.2, -0.15) is 0 Å². The molecule has 0 aliphatic carbocycles. The molecule has 0 aromatic carbocycles. The van der Waals surface area contributed by atoms with E-state index in [1.807, 2.05) is 11.4 Å². The molecule has 2 heterocycles. The number of nitrogens with zero attached hydrogens (tertiary/aromatic N) is 2. The van der Waals surface area contributed by atoms with E-state index in [1.165, 1.54) is 17.3 Å². The number of rotatable bonds is 5. The number of carbonyl (C=O) groups excluding carboxylic acids is 1. The summed E-state index contributed by atoms with van der Waals surface area (Å²) in [5.74, 6) is 0.378. The van der Waals surface area contributed by atoms with Crippen LogP contribution in [0.5, 0.6) is 0 Å². The molecular formula is C12H12ClN3OS. The van der Waals surface area contributed by atoms with Gasteiger partial charge in [-0.05, 0) is 24.3 Å². The van der Waals surface area contributed by atoms with Gasteiger partial charge in [0.1, 0.15) is 5.15 Å². The second-order valence-corrected chi connectivity index (χ2v) is 5.12. The van der Waals surface area contributed by atoms with Crippen molar-refractivity contribution in [2.24, 2.45) is 0 Å². The summed E-state index contributed by atoms with van der Waals surface area (Å²) in [6.45, 7) is 0. The molecule has 0 bridgehead atoms. The predicted molar refractivity (Wildman–Crippen MR) is 72.9 cm³/mol. The summed E-state index contributed by atoms with van der Waals surface area (Å²) < 4.78 is 0. The molecular weight excluding hydrogens is 270 g/mol. The van der Waals surface area contributed by atoms with Gasteiger partial charge in [0.15, 0.2) is 5.82 Å². The summed E-state index contributed by atoms with van der Waals surface area (Å²) in [4.78, 5) is 20.7. The van der Waals surface area contributed by atoms with E-state index in [0.717, 1.165) is 12.8 Å². The van der Waals surface area contributed by atoms with Crippen LogP contribution < -0.4 is 5.32 Å². The lowest BCUT2D eigenvalue weighted by atomic mass is 10.2. The second-order valence-electron chi connectivity index (χ2n) is 3.71. The second kappa shape index (κ2) is 6.47. The van der Waals surface area contributed by atoms with Crippen LogP contribution in [0.2, 0.25) is 5.15 Å². The van der Waals surface area contributed by atoms with Gasteiger partial charge in [-0.3, -0.25) is 4.79 Å². The zero-order valence-corrected chi connectivity index (χ0v) is 11.2. The van der Waals surface area contributed by atoms with Crippen molar-refractivity contribution in [3.63, 3.8) is 0 Å². The van der Waals surface area contributed by atoms with Crippen molar-refractivity contribution in [1.29, 1.82) is 0 Å². The molecule has 2 rings (SSSR count). The average molecular weight is 282 g/mol. The van der Waals surface area contributed by atoms with Crippen molar-refractivity contribution >= 4 is 34.7 Å². The van der Waals surface area contributed by atoms with Crippen molar-refractivity contribution in [2.75, 3.05) is 5.32 Å². The van der Waals surface area contributed by atoms with Gasteiger partial charge in [-0.15, -0.1) is 11.3 Å². The van der Waals surface area contributed by atoms with E-state index in [4.69, 9.17) is 11.6 Å². The predicted octanol–water partition coefficient (Wildman–Crippen LogP) is 3.15. The van der Waals surface area contributed by atoms with Crippen LogP contribution in [-0.2, 0) is 11.2 Å². The lowest BCUT2D eigenvalue weighted by molar-refractivity contribution is -0.116. The number of aromatic nitrogens is 2. The smallest absolute Gasteiger partial charge is 0.225 e. The number of carbonyl (C=O) groups is 1. The highest BCUT2D eigenvalue weighted by Gasteiger charge is 2.04. The van der Waals surface area contributed by atoms with Crippen molar-refractivity contribution in [2.45, 2.75) is 19.3 Å². The molecule has 18 heavy (non-hydrogen) atoms. The molecule has 0 saturated carbocycles. The first-order chi connectivity index (χ1) is 8.74. The number of hydrogen-bond donors (Lipinski definition) is 1. The summed E-state index contributed by atoms with van der Waals surface area (Å²) >= 11 is 7.32. The van der Waals surface area contributed by atoms with Crippen LogP contribution in [0.1, 0.15) is 17.7 Å². The largest absolute Gasteiger partial charge is 0.309 e. The Bertz CT molecular complexity index is 499. The Balaban J connectivity index is 1.73. The lowest BCUT2D eigenvalue weighted by Crippen LogP contribution is -2.12. The van der Waals surface area contributed by atoms with Gasteiger partial charge in [0, 0.05) is 11.3 Å². The fourth-order valence-corrected chi connectivity index (χ4v) is 2.31. The molecule has 0 radical (unpaired) electrons. The van der Waals surface area contributed by atoms with E-state index < -0.39 is 0 Å². The SMILES string of the molecule is O=C(CCCc1cccs1)Nc1cnc(Cl)cn1. The Kier molecular flexibility index (Phi) is 4.66. The summed E-state index contributed by atoms with van der Waals surface area (Å²) in [6.07, 6.45) is 5.08. The Morgan fingerprint density at radius 3 is 2.94 bits per heavy atom. The highest BCUT2D eigenvalue weighted by molar-refractivity contribution is 7.09. The fraction of sp³-hybridized carbons (Fsp3) is 0.250. The maximum atomic E-state index is 11.6. The van der Waals surface area contributed by atoms with E-state index in [9.17, 15) is 4.79 Å². The first-order valence-corrected chi connectivity index (χ1v) is 6.79. The first kappa shape index (κ1) is 13.0. The highest BCUT2D eigenvalue weighted by Crippen LogP contribution is 2.12. The first-order valence-electron chi connectivity index (χ1n) is 5.54. The normalized spacial score (nSPS) is 10.3. The van der Waals surface area contributed by atoms with Crippen molar-refractivity contribution in [3.8, 4) is 0 Å². The molecule has 0 aliphatic rings. The molecule has 0 fully saturated rings. The maximum absolute atomic E-state index is 11.6. The molecule has 6 heteroatoms. The zero-order chi connectivity index (χ0) is 12.8. The van der Waals surface area contributed by atoms with Gasteiger partial charge in [0.2, 0.25) is 5.91 Å². The molecule has 1 N–H and O–H groups in total. The third-order valence-corrected chi connectivity index (χ3v) is 3.43. The van der Waals surface area contributed by atoms with E-state index in [2.05, 4.69) is 21.4 Å². The van der Waals surface area contributed by atoms with Crippen LogP contribution in [0, 0.1) is 0 Å². The van der Waals surface area contributed by atoms with Crippen LogP contribution in [0.25, 0.3) is 0 Å². The van der Waals surface area contributed by atoms with E-state index in [1.54, 1.807) is 11.3 Å². The van der Waals surface area contributed by atoms with Crippen molar-refractivity contribution in [1.82, 2.24) is 9.97 Å².